The first-order valence-corrected chi connectivity index (χ1v) is 6.01. The molecule has 1 aromatic rings. The summed E-state index contributed by atoms with van der Waals surface area (Å²) < 4.78 is 10.8. The largest absolute Gasteiger partial charge is 0.461 e. The van der Waals surface area contributed by atoms with E-state index in [-0.39, 0.29) is 19.0 Å². The van der Waals surface area contributed by atoms with E-state index in [4.69, 9.17) is 15.2 Å². The van der Waals surface area contributed by atoms with Gasteiger partial charge in [0, 0.05) is 0 Å². The van der Waals surface area contributed by atoms with Crippen LogP contribution in [-0.4, -0.2) is 24.2 Å². The van der Waals surface area contributed by atoms with Gasteiger partial charge in [-0.2, -0.15) is 0 Å². The summed E-state index contributed by atoms with van der Waals surface area (Å²) in [6, 6.07) is 9.26. The van der Waals surface area contributed by atoms with Gasteiger partial charge in [-0.1, -0.05) is 30.3 Å². The highest BCUT2D eigenvalue weighted by atomic mass is 35.5. The molecule has 0 spiro atoms. The molecule has 0 heterocycles. The molecule has 5 heteroatoms. The topological polar surface area (TPSA) is 61.6 Å². The first kappa shape index (κ1) is 17.9. The van der Waals surface area contributed by atoms with E-state index < -0.39 is 17.6 Å². The minimum Gasteiger partial charge on any atom is -0.461 e. The zero-order chi connectivity index (χ0) is 13.6. The lowest BCUT2D eigenvalue weighted by atomic mass is 10.1. The summed E-state index contributed by atoms with van der Waals surface area (Å²) in [4.78, 5) is 11.3. The molecule has 0 amide bonds. The lowest BCUT2D eigenvalue weighted by Gasteiger charge is -2.25. The maximum Gasteiger partial charge on any atom is 0.322 e. The van der Waals surface area contributed by atoms with Crippen molar-refractivity contribution in [2.75, 3.05) is 6.61 Å². The number of rotatable bonds is 6. The van der Waals surface area contributed by atoms with Crippen LogP contribution in [0, 0.1) is 0 Å². The molecule has 1 unspecified atom stereocenters. The SMILES string of the molecule is CC(N)C(=O)OCC(C)(C)OCc1ccccc1.Cl. The van der Waals surface area contributed by atoms with Crippen molar-refractivity contribution in [1.82, 2.24) is 0 Å². The minimum absolute atomic E-state index is 0. The number of benzene rings is 1. The average Bonchev–Trinajstić information content (AvgIpc) is 2.35. The fourth-order valence-corrected chi connectivity index (χ4v) is 1.27. The highest BCUT2D eigenvalue weighted by molar-refractivity contribution is 5.85. The van der Waals surface area contributed by atoms with Crippen molar-refractivity contribution in [1.29, 1.82) is 0 Å². The molecule has 108 valence electrons. The van der Waals surface area contributed by atoms with Gasteiger partial charge in [0.15, 0.2) is 0 Å². The van der Waals surface area contributed by atoms with Crippen LogP contribution in [0.3, 0.4) is 0 Å². The van der Waals surface area contributed by atoms with Crippen molar-refractivity contribution in [2.24, 2.45) is 5.73 Å². The molecule has 19 heavy (non-hydrogen) atoms. The zero-order valence-corrected chi connectivity index (χ0v) is 12.4. The third-order valence-electron chi connectivity index (χ3n) is 2.41. The predicted octanol–water partition coefficient (Wildman–Crippen LogP) is 2.29. The molecule has 0 saturated carbocycles. The number of hydrogen-bond acceptors (Lipinski definition) is 4. The standard InChI is InChI=1S/C14H21NO3.ClH/c1-11(15)13(16)17-10-14(2,3)18-9-12-7-5-4-6-8-12;/h4-8,11H,9-10,15H2,1-3H3;1H. The molecule has 1 atom stereocenters. The smallest absolute Gasteiger partial charge is 0.322 e. The summed E-state index contributed by atoms with van der Waals surface area (Å²) in [5, 5.41) is 0. The van der Waals surface area contributed by atoms with E-state index in [9.17, 15) is 4.79 Å². The maximum absolute atomic E-state index is 11.3. The lowest BCUT2D eigenvalue weighted by molar-refractivity contribution is -0.155. The summed E-state index contributed by atoms with van der Waals surface area (Å²) in [5.74, 6) is -0.411. The van der Waals surface area contributed by atoms with Gasteiger partial charge < -0.3 is 15.2 Å². The van der Waals surface area contributed by atoms with Crippen LogP contribution in [0.2, 0.25) is 0 Å². The van der Waals surface area contributed by atoms with Gasteiger partial charge in [0.05, 0.1) is 12.2 Å². The Kier molecular flexibility index (Phi) is 7.68. The summed E-state index contributed by atoms with van der Waals surface area (Å²) in [7, 11) is 0. The molecular formula is C14H22ClNO3. The van der Waals surface area contributed by atoms with E-state index in [1.165, 1.54) is 0 Å². The minimum atomic E-state index is -0.602. The Labute approximate surface area is 120 Å². The Morgan fingerprint density at radius 2 is 1.89 bits per heavy atom. The molecule has 0 bridgehead atoms. The Morgan fingerprint density at radius 3 is 2.42 bits per heavy atom. The number of carbonyl (C=O) groups is 1. The monoisotopic (exact) mass is 287 g/mol. The van der Waals surface area contributed by atoms with Crippen molar-refractivity contribution >= 4 is 18.4 Å². The van der Waals surface area contributed by atoms with Crippen molar-refractivity contribution in [3.05, 3.63) is 35.9 Å². The number of nitrogens with two attached hydrogens (primary N) is 1. The van der Waals surface area contributed by atoms with Crippen molar-refractivity contribution in [3.8, 4) is 0 Å². The van der Waals surface area contributed by atoms with Crippen LogP contribution in [0.15, 0.2) is 30.3 Å². The van der Waals surface area contributed by atoms with Crippen LogP contribution < -0.4 is 5.73 Å². The molecule has 1 aromatic carbocycles. The number of carbonyl (C=O) groups excluding carboxylic acids is 1. The average molecular weight is 288 g/mol. The van der Waals surface area contributed by atoms with E-state index in [1.807, 2.05) is 44.2 Å². The Morgan fingerprint density at radius 1 is 1.32 bits per heavy atom. The Balaban J connectivity index is 0.00000324. The molecule has 0 aliphatic carbocycles. The fraction of sp³-hybridized carbons (Fsp3) is 0.500. The molecule has 1 rings (SSSR count). The lowest BCUT2D eigenvalue weighted by Crippen LogP contribution is -2.36. The molecule has 0 radical (unpaired) electrons. The summed E-state index contributed by atoms with van der Waals surface area (Å²) in [6.45, 7) is 6.04. The molecule has 2 N–H and O–H groups in total. The second-order valence-corrected chi connectivity index (χ2v) is 4.93. The first-order chi connectivity index (χ1) is 8.41. The van der Waals surface area contributed by atoms with E-state index in [1.54, 1.807) is 6.92 Å². The van der Waals surface area contributed by atoms with Gasteiger partial charge in [-0.25, -0.2) is 0 Å². The van der Waals surface area contributed by atoms with Crippen molar-refractivity contribution in [3.63, 3.8) is 0 Å². The van der Waals surface area contributed by atoms with Gasteiger partial charge in [-0.3, -0.25) is 4.79 Å². The second kappa shape index (κ2) is 8.15. The van der Waals surface area contributed by atoms with Gasteiger partial charge in [0.25, 0.3) is 0 Å². The summed E-state index contributed by atoms with van der Waals surface area (Å²) in [6.07, 6.45) is 0. The second-order valence-electron chi connectivity index (χ2n) is 4.93. The highest BCUT2D eigenvalue weighted by Gasteiger charge is 2.22. The van der Waals surface area contributed by atoms with Crippen molar-refractivity contribution < 1.29 is 14.3 Å². The molecular weight excluding hydrogens is 266 g/mol. The van der Waals surface area contributed by atoms with Gasteiger partial charge in [0.2, 0.25) is 0 Å². The third kappa shape index (κ3) is 7.15. The van der Waals surface area contributed by atoms with E-state index in [0.29, 0.717) is 6.61 Å². The molecule has 0 saturated heterocycles. The Bertz CT molecular complexity index is 380. The maximum atomic E-state index is 11.3. The number of esters is 1. The molecule has 4 nitrogen and oxygen atoms in total. The van der Waals surface area contributed by atoms with Crippen molar-refractivity contribution in [2.45, 2.75) is 39.0 Å². The van der Waals surface area contributed by atoms with Gasteiger partial charge in [0.1, 0.15) is 12.6 Å². The van der Waals surface area contributed by atoms with E-state index in [0.717, 1.165) is 5.56 Å². The van der Waals surface area contributed by atoms with E-state index in [2.05, 4.69) is 0 Å². The van der Waals surface area contributed by atoms with Crippen LogP contribution in [0.4, 0.5) is 0 Å². The first-order valence-electron chi connectivity index (χ1n) is 6.01. The quantitative estimate of drug-likeness (QED) is 0.816. The molecule has 0 aromatic heterocycles. The molecule has 0 aliphatic rings. The van der Waals surface area contributed by atoms with Crippen LogP contribution in [-0.2, 0) is 20.9 Å². The van der Waals surface area contributed by atoms with Gasteiger partial charge in [-0.15, -0.1) is 12.4 Å². The third-order valence-corrected chi connectivity index (χ3v) is 2.41. The zero-order valence-electron chi connectivity index (χ0n) is 11.6. The normalized spacial score (nSPS) is 12.4. The van der Waals surface area contributed by atoms with Gasteiger partial charge >= 0.3 is 5.97 Å². The number of halogens is 1. The van der Waals surface area contributed by atoms with Crippen LogP contribution in [0.25, 0.3) is 0 Å². The number of hydrogen-bond donors (Lipinski definition) is 1. The van der Waals surface area contributed by atoms with Crippen LogP contribution in [0.1, 0.15) is 26.3 Å². The van der Waals surface area contributed by atoms with Gasteiger partial charge in [-0.05, 0) is 26.3 Å². The fourth-order valence-electron chi connectivity index (χ4n) is 1.27. The predicted molar refractivity (Wildman–Crippen MR) is 77.2 cm³/mol. The van der Waals surface area contributed by atoms with E-state index >= 15 is 0 Å². The number of ether oxygens (including phenoxy) is 2. The molecule has 0 aliphatic heterocycles. The molecule has 0 fully saturated rings. The Hall–Kier alpha value is -1.10. The summed E-state index contributed by atoms with van der Waals surface area (Å²) in [5.41, 5.74) is 5.97. The van der Waals surface area contributed by atoms with Crippen LogP contribution >= 0.6 is 12.4 Å². The van der Waals surface area contributed by atoms with Crippen LogP contribution in [0.5, 0.6) is 0 Å². The summed E-state index contributed by atoms with van der Waals surface area (Å²) >= 11 is 0. The highest BCUT2D eigenvalue weighted by Crippen LogP contribution is 2.13.